The van der Waals surface area contributed by atoms with Gasteiger partial charge in [-0.3, -0.25) is 9.69 Å². The van der Waals surface area contributed by atoms with Crippen molar-refractivity contribution in [2.45, 2.75) is 51.5 Å². The fraction of sp³-hybridized carbons (Fsp3) is 0.556. The Bertz CT molecular complexity index is 857. The molecule has 1 N–H and O–H groups in total. The van der Waals surface area contributed by atoms with Gasteiger partial charge in [-0.1, -0.05) is 43.5 Å². The van der Waals surface area contributed by atoms with E-state index >= 15 is 0 Å². The third-order valence-corrected chi connectivity index (χ3v) is 6.90. The topological polar surface area (TPSA) is 63.7 Å². The summed E-state index contributed by atoms with van der Waals surface area (Å²) in [4.78, 5) is 19.3. The maximum atomic E-state index is 12.5. The number of hydrogen-bond donors (Lipinski definition) is 1. The summed E-state index contributed by atoms with van der Waals surface area (Å²) in [5.41, 5.74) is 3.16. The molecule has 0 unspecified atom stereocenters. The number of carbonyl (C=O) groups excluding carboxylic acids is 1. The van der Waals surface area contributed by atoms with Crippen LogP contribution in [0.15, 0.2) is 42.6 Å². The van der Waals surface area contributed by atoms with Gasteiger partial charge in [0.2, 0.25) is 11.8 Å². The number of pyridine rings is 1. The van der Waals surface area contributed by atoms with Crippen molar-refractivity contribution in [3.05, 3.63) is 48.2 Å². The summed E-state index contributed by atoms with van der Waals surface area (Å²) in [5, 5.41) is 3.22. The lowest BCUT2D eigenvalue weighted by molar-refractivity contribution is -0.121. The molecule has 1 aromatic heterocycles. The molecule has 6 heteroatoms. The van der Waals surface area contributed by atoms with Crippen molar-refractivity contribution in [1.29, 1.82) is 0 Å². The average Bonchev–Trinajstić information content (AvgIpc) is 2.86. The van der Waals surface area contributed by atoms with Gasteiger partial charge in [-0.05, 0) is 42.9 Å². The van der Waals surface area contributed by atoms with Crippen LogP contribution >= 0.6 is 0 Å². The molecule has 2 fully saturated rings. The van der Waals surface area contributed by atoms with E-state index in [1.54, 1.807) is 0 Å². The number of ether oxygens (including phenoxy) is 2. The fourth-order valence-corrected chi connectivity index (χ4v) is 4.80. The monoisotopic (exact) mass is 451 g/mol. The number of aromatic nitrogens is 1. The molecule has 2 heterocycles. The summed E-state index contributed by atoms with van der Waals surface area (Å²) < 4.78 is 11.2. The standard InChI is InChI=1S/C27H37N3O3/c1-21(23-5-3-2-4-6-23)29-26(31)19-22-7-9-24(10-8-22)25-11-12-27(28-20-25)33-18-15-30-13-16-32-17-14-30/h7-12,20-21,23H,2-6,13-19H2,1H3,(H,29,31)/t21-/m1/s1. The van der Waals surface area contributed by atoms with Crippen LogP contribution in [0.2, 0.25) is 0 Å². The Kier molecular flexibility index (Phi) is 8.72. The summed E-state index contributed by atoms with van der Waals surface area (Å²) in [5.74, 6) is 1.39. The molecule has 0 bridgehead atoms. The summed E-state index contributed by atoms with van der Waals surface area (Å²) in [7, 11) is 0. The molecule has 6 nitrogen and oxygen atoms in total. The van der Waals surface area contributed by atoms with Gasteiger partial charge in [-0.25, -0.2) is 4.98 Å². The van der Waals surface area contributed by atoms with Gasteiger partial charge in [-0.2, -0.15) is 0 Å². The Labute approximate surface area is 197 Å². The molecule has 178 valence electrons. The van der Waals surface area contributed by atoms with Crippen LogP contribution in [0.1, 0.15) is 44.6 Å². The molecule has 0 radical (unpaired) electrons. The first-order chi connectivity index (χ1) is 16.2. The Balaban J connectivity index is 1.23. The van der Waals surface area contributed by atoms with E-state index < -0.39 is 0 Å². The highest BCUT2D eigenvalue weighted by atomic mass is 16.5. The maximum Gasteiger partial charge on any atom is 0.224 e. The van der Waals surface area contributed by atoms with Crippen LogP contribution in [-0.4, -0.2) is 61.3 Å². The molecule has 33 heavy (non-hydrogen) atoms. The second-order valence-electron chi connectivity index (χ2n) is 9.32. The van der Waals surface area contributed by atoms with E-state index in [9.17, 15) is 4.79 Å². The van der Waals surface area contributed by atoms with Crippen LogP contribution in [-0.2, 0) is 16.0 Å². The van der Waals surface area contributed by atoms with E-state index in [4.69, 9.17) is 9.47 Å². The van der Waals surface area contributed by atoms with Crippen LogP contribution in [0.3, 0.4) is 0 Å². The van der Waals surface area contributed by atoms with Crippen molar-refractivity contribution in [2.75, 3.05) is 39.5 Å². The summed E-state index contributed by atoms with van der Waals surface area (Å²) >= 11 is 0. The molecule has 1 atom stereocenters. The van der Waals surface area contributed by atoms with Crippen molar-refractivity contribution in [3.63, 3.8) is 0 Å². The van der Waals surface area contributed by atoms with Crippen LogP contribution in [0.25, 0.3) is 11.1 Å². The van der Waals surface area contributed by atoms with Crippen LogP contribution in [0, 0.1) is 5.92 Å². The highest BCUT2D eigenvalue weighted by molar-refractivity contribution is 5.79. The van der Waals surface area contributed by atoms with Gasteiger partial charge in [0.1, 0.15) is 6.61 Å². The molecule has 1 amide bonds. The zero-order valence-electron chi connectivity index (χ0n) is 19.8. The molecule has 1 aliphatic heterocycles. The number of nitrogens with zero attached hydrogens (tertiary/aromatic N) is 2. The van der Waals surface area contributed by atoms with Gasteiger partial charge >= 0.3 is 0 Å². The van der Waals surface area contributed by atoms with Gasteiger partial charge in [0.05, 0.1) is 19.6 Å². The first-order valence-corrected chi connectivity index (χ1v) is 12.4. The number of carbonyl (C=O) groups is 1. The van der Waals surface area contributed by atoms with Crippen LogP contribution in [0.4, 0.5) is 0 Å². The van der Waals surface area contributed by atoms with Crippen molar-refractivity contribution in [3.8, 4) is 17.0 Å². The van der Waals surface area contributed by atoms with E-state index in [1.807, 2.05) is 30.5 Å². The van der Waals surface area contributed by atoms with E-state index in [0.717, 1.165) is 49.5 Å². The highest BCUT2D eigenvalue weighted by Crippen LogP contribution is 2.26. The lowest BCUT2D eigenvalue weighted by atomic mass is 9.84. The predicted octanol–water partition coefficient (Wildman–Crippen LogP) is 4.09. The second kappa shape index (κ2) is 12.1. The fourth-order valence-electron chi connectivity index (χ4n) is 4.80. The number of amides is 1. The van der Waals surface area contributed by atoms with Crippen LogP contribution in [0.5, 0.6) is 5.88 Å². The number of hydrogen-bond acceptors (Lipinski definition) is 5. The second-order valence-corrected chi connectivity index (χ2v) is 9.32. The largest absolute Gasteiger partial charge is 0.476 e. The smallest absolute Gasteiger partial charge is 0.224 e. The molecule has 1 aromatic carbocycles. The Morgan fingerprint density at radius 2 is 1.82 bits per heavy atom. The third-order valence-electron chi connectivity index (χ3n) is 6.90. The first-order valence-electron chi connectivity index (χ1n) is 12.4. The van der Waals surface area contributed by atoms with Crippen molar-refractivity contribution in [1.82, 2.24) is 15.2 Å². The van der Waals surface area contributed by atoms with Gasteiger partial charge in [0.25, 0.3) is 0 Å². The molecule has 2 aliphatic rings. The number of rotatable bonds is 9. The minimum Gasteiger partial charge on any atom is -0.476 e. The average molecular weight is 452 g/mol. The van der Waals surface area contributed by atoms with Gasteiger partial charge in [0, 0.05) is 43.5 Å². The molecule has 2 aromatic rings. The zero-order valence-corrected chi connectivity index (χ0v) is 19.8. The quantitative estimate of drug-likeness (QED) is 0.622. The van der Waals surface area contributed by atoms with Gasteiger partial charge in [-0.15, -0.1) is 0 Å². The molecule has 1 saturated heterocycles. The minimum absolute atomic E-state index is 0.112. The Morgan fingerprint density at radius 1 is 1.09 bits per heavy atom. The number of morpholine rings is 1. The Morgan fingerprint density at radius 3 is 2.52 bits per heavy atom. The lowest BCUT2D eigenvalue weighted by Crippen LogP contribution is -2.39. The van der Waals surface area contributed by atoms with E-state index in [1.165, 1.54) is 32.1 Å². The minimum atomic E-state index is 0.112. The maximum absolute atomic E-state index is 12.5. The highest BCUT2D eigenvalue weighted by Gasteiger charge is 2.21. The number of nitrogens with one attached hydrogen (secondary N) is 1. The molecule has 0 spiro atoms. The molecular weight excluding hydrogens is 414 g/mol. The van der Waals surface area contributed by atoms with Crippen LogP contribution < -0.4 is 10.1 Å². The summed E-state index contributed by atoms with van der Waals surface area (Å²) in [6.07, 6.45) is 8.67. The molecule has 4 rings (SSSR count). The van der Waals surface area contributed by atoms with E-state index in [-0.39, 0.29) is 11.9 Å². The van der Waals surface area contributed by atoms with Gasteiger partial charge < -0.3 is 14.8 Å². The lowest BCUT2D eigenvalue weighted by Gasteiger charge is -2.28. The number of benzene rings is 1. The normalized spacial score (nSPS) is 18.6. The summed E-state index contributed by atoms with van der Waals surface area (Å²) in [6, 6.07) is 12.4. The Hall–Kier alpha value is -2.44. The third kappa shape index (κ3) is 7.27. The SMILES string of the molecule is C[C@@H](NC(=O)Cc1ccc(-c2ccc(OCCN3CCOCC3)nc2)cc1)C1CCCCC1. The zero-order chi connectivity index (χ0) is 22.9. The molecule has 1 aliphatic carbocycles. The van der Waals surface area contributed by atoms with E-state index in [2.05, 4.69) is 34.3 Å². The van der Waals surface area contributed by atoms with Gasteiger partial charge in [0.15, 0.2) is 0 Å². The molecule has 1 saturated carbocycles. The van der Waals surface area contributed by atoms with Crippen molar-refractivity contribution < 1.29 is 14.3 Å². The van der Waals surface area contributed by atoms with Crippen molar-refractivity contribution in [2.24, 2.45) is 5.92 Å². The molecular formula is C27H37N3O3. The first kappa shape index (κ1) is 23.7. The van der Waals surface area contributed by atoms with Crippen molar-refractivity contribution >= 4 is 5.91 Å². The predicted molar refractivity (Wildman–Crippen MR) is 130 cm³/mol. The summed E-state index contributed by atoms with van der Waals surface area (Å²) in [6.45, 7) is 7.20. The van der Waals surface area contributed by atoms with E-state index in [0.29, 0.717) is 24.8 Å².